The van der Waals surface area contributed by atoms with E-state index < -0.39 is 0 Å². The number of nitrogens with one attached hydrogen (secondary N) is 2. The Labute approximate surface area is 140 Å². The van der Waals surface area contributed by atoms with Crippen molar-refractivity contribution in [3.63, 3.8) is 0 Å². The summed E-state index contributed by atoms with van der Waals surface area (Å²) in [6.07, 6.45) is 4.37. The highest BCUT2D eigenvalue weighted by Gasteiger charge is 2.11. The lowest BCUT2D eigenvalue weighted by Gasteiger charge is -2.09. The molecular weight excluding hydrogens is 302 g/mol. The predicted molar refractivity (Wildman–Crippen MR) is 95.6 cm³/mol. The van der Waals surface area contributed by atoms with Crippen molar-refractivity contribution in [2.45, 2.75) is 13.3 Å². The molecule has 0 radical (unpaired) electrons. The number of hydrogen-bond acceptors (Lipinski definition) is 3. The van der Waals surface area contributed by atoms with Gasteiger partial charge in [0.25, 0.3) is 5.91 Å². The lowest BCUT2D eigenvalue weighted by atomic mass is 10.2. The molecule has 0 aliphatic heterocycles. The molecule has 2 aromatic carbocycles. The summed E-state index contributed by atoms with van der Waals surface area (Å²) in [5.74, 6) is 0.275. The molecule has 0 aliphatic rings. The highest BCUT2D eigenvalue weighted by molar-refractivity contribution is 6.00. The molecule has 0 fully saturated rings. The number of para-hydroxylation sites is 2. The van der Waals surface area contributed by atoms with Gasteiger partial charge in [-0.25, -0.2) is 5.43 Å². The summed E-state index contributed by atoms with van der Waals surface area (Å²) in [5, 5.41) is 5.12. The minimum Gasteiger partial charge on any atom is -0.493 e. The van der Waals surface area contributed by atoms with E-state index in [-0.39, 0.29) is 5.91 Å². The van der Waals surface area contributed by atoms with Crippen molar-refractivity contribution in [1.29, 1.82) is 0 Å². The first-order valence-electron chi connectivity index (χ1n) is 7.91. The number of benzene rings is 2. The topological polar surface area (TPSA) is 66.5 Å². The van der Waals surface area contributed by atoms with Crippen LogP contribution in [0.25, 0.3) is 10.9 Å². The summed E-state index contributed by atoms with van der Waals surface area (Å²) < 4.78 is 5.60. The monoisotopic (exact) mass is 321 g/mol. The molecule has 5 heteroatoms. The Morgan fingerprint density at radius 3 is 2.88 bits per heavy atom. The average molecular weight is 321 g/mol. The fraction of sp³-hybridized carbons (Fsp3) is 0.158. The number of hydrazone groups is 1. The molecular formula is C19H19N3O2. The van der Waals surface area contributed by atoms with Crippen LogP contribution in [0.1, 0.15) is 29.3 Å². The van der Waals surface area contributed by atoms with E-state index in [4.69, 9.17) is 4.74 Å². The van der Waals surface area contributed by atoms with Crippen molar-refractivity contribution in [2.24, 2.45) is 5.10 Å². The molecule has 122 valence electrons. The van der Waals surface area contributed by atoms with Crippen LogP contribution in [0, 0.1) is 0 Å². The highest BCUT2D eigenvalue weighted by atomic mass is 16.5. The van der Waals surface area contributed by atoms with Crippen LogP contribution in [0.15, 0.2) is 59.8 Å². The number of amides is 1. The van der Waals surface area contributed by atoms with Gasteiger partial charge in [-0.05, 0) is 24.6 Å². The summed E-state index contributed by atoms with van der Waals surface area (Å²) in [4.78, 5) is 15.5. The third kappa shape index (κ3) is 3.46. The molecule has 1 amide bonds. The number of carbonyl (C=O) groups excluding carboxylic acids is 1. The van der Waals surface area contributed by atoms with Gasteiger partial charge in [-0.15, -0.1) is 0 Å². The number of rotatable bonds is 6. The molecule has 0 atom stereocenters. The van der Waals surface area contributed by atoms with E-state index >= 15 is 0 Å². The number of carbonyl (C=O) groups is 1. The van der Waals surface area contributed by atoms with Crippen LogP contribution in [-0.2, 0) is 0 Å². The second-order valence-corrected chi connectivity index (χ2v) is 5.33. The zero-order chi connectivity index (χ0) is 16.8. The number of hydrogen-bond donors (Lipinski definition) is 2. The van der Waals surface area contributed by atoms with Crippen LogP contribution >= 0.6 is 0 Å². The zero-order valence-corrected chi connectivity index (χ0v) is 13.5. The summed E-state index contributed by atoms with van der Waals surface area (Å²) in [7, 11) is 0. The van der Waals surface area contributed by atoms with E-state index in [1.807, 2.05) is 43.5 Å². The van der Waals surface area contributed by atoms with E-state index in [2.05, 4.69) is 15.5 Å². The standard InChI is InChI=1S/C19H19N3O2/c1-2-11-24-18-10-6-4-8-16(18)19(23)22-21-13-14-12-20-17-9-5-3-7-15(14)17/h3-10,12-13,20H,2,11H2,1H3,(H,22,23)/b21-13+. The molecule has 2 N–H and O–H groups in total. The number of ether oxygens (including phenoxy) is 1. The van der Waals surface area contributed by atoms with E-state index in [1.165, 1.54) is 0 Å². The van der Waals surface area contributed by atoms with Crippen molar-refractivity contribution >= 4 is 23.0 Å². The molecule has 3 aromatic rings. The number of nitrogens with zero attached hydrogens (tertiary/aromatic N) is 1. The molecule has 0 spiro atoms. The molecule has 5 nitrogen and oxygen atoms in total. The van der Waals surface area contributed by atoms with Crippen LogP contribution in [0.3, 0.4) is 0 Å². The number of aromatic nitrogens is 1. The van der Waals surface area contributed by atoms with Gasteiger partial charge in [0.05, 0.1) is 18.4 Å². The first kappa shape index (κ1) is 15.8. The van der Waals surface area contributed by atoms with Gasteiger partial charge in [0.1, 0.15) is 5.75 Å². The van der Waals surface area contributed by atoms with Gasteiger partial charge in [0, 0.05) is 22.7 Å². The Kier molecular flexibility index (Phi) is 4.91. The summed E-state index contributed by atoms with van der Waals surface area (Å²) in [6, 6.07) is 15.1. The maximum atomic E-state index is 12.3. The van der Waals surface area contributed by atoms with Crippen molar-refractivity contribution < 1.29 is 9.53 Å². The van der Waals surface area contributed by atoms with Crippen LogP contribution in [0.5, 0.6) is 5.75 Å². The fourth-order valence-electron chi connectivity index (χ4n) is 2.41. The molecule has 0 unspecified atom stereocenters. The quantitative estimate of drug-likeness (QED) is 0.537. The SMILES string of the molecule is CCCOc1ccccc1C(=O)N/N=C/c1c[nH]c2ccccc12. The Bertz CT molecular complexity index is 868. The molecule has 0 saturated heterocycles. The maximum Gasteiger partial charge on any atom is 0.275 e. The van der Waals surface area contributed by atoms with Crippen LogP contribution < -0.4 is 10.2 Å². The van der Waals surface area contributed by atoms with Crippen LogP contribution in [0.4, 0.5) is 0 Å². The average Bonchev–Trinajstić information content (AvgIpc) is 3.03. The smallest absolute Gasteiger partial charge is 0.275 e. The normalized spacial score (nSPS) is 11.0. The van der Waals surface area contributed by atoms with Gasteiger partial charge in [-0.2, -0.15) is 5.10 Å². The summed E-state index contributed by atoms with van der Waals surface area (Å²) in [5.41, 5.74) is 4.98. The first-order chi connectivity index (χ1) is 11.8. The number of fused-ring (bicyclic) bond motifs is 1. The van der Waals surface area contributed by atoms with Gasteiger partial charge in [-0.1, -0.05) is 37.3 Å². The van der Waals surface area contributed by atoms with Crippen LogP contribution in [0.2, 0.25) is 0 Å². The highest BCUT2D eigenvalue weighted by Crippen LogP contribution is 2.18. The predicted octanol–water partition coefficient (Wildman–Crippen LogP) is 3.72. The van der Waals surface area contributed by atoms with E-state index in [9.17, 15) is 4.79 Å². The molecule has 24 heavy (non-hydrogen) atoms. The maximum absolute atomic E-state index is 12.3. The number of H-pyrrole nitrogens is 1. The van der Waals surface area contributed by atoms with Gasteiger partial charge < -0.3 is 9.72 Å². The Balaban J connectivity index is 1.71. The summed E-state index contributed by atoms with van der Waals surface area (Å²) in [6.45, 7) is 2.59. The molecule has 3 rings (SSSR count). The zero-order valence-electron chi connectivity index (χ0n) is 13.5. The minimum atomic E-state index is -0.294. The van der Waals surface area contributed by atoms with Crippen molar-refractivity contribution in [3.8, 4) is 5.75 Å². The van der Waals surface area contributed by atoms with Gasteiger partial charge in [-0.3, -0.25) is 4.79 Å². The van der Waals surface area contributed by atoms with Gasteiger partial charge in [0.15, 0.2) is 0 Å². The lowest BCUT2D eigenvalue weighted by molar-refractivity contribution is 0.0951. The van der Waals surface area contributed by atoms with E-state index in [0.717, 1.165) is 22.9 Å². The Morgan fingerprint density at radius 1 is 1.21 bits per heavy atom. The van der Waals surface area contributed by atoms with E-state index in [0.29, 0.717) is 17.9 Å². The third-order valence-corrected chi connectivity index (χ3v) is 3.58. The molecule has 0 saturated carbocycles. The summed E-state index contributed by atoms with van der Waals surface area (Å²) >= 11 is 0. The lowest BCUT2D eigenvalue weighted by Crippen LogP contribution is -2.18. The number of aromatic amines is 1. The molecule has 1 heterocycles. The molecule has 0 bridgehead atoms. The van der Waals surface area contributed by atoms with Crippen molar-refractivity contribution in [1.82, 2.24) is 10.4 Å². The second-order valence-electron chi connectivity index (χ2n) is 5.33. The van der Waals surface area contributed by atoms with Gasteiger partial charge in [0.2, 0.25) is 0 Å². The second kappa shape index (κ2) is 7.46. The largest absolute Gasteiger partial charge is 0.493 e. The third-order valence-electron chi connectivity index (χ3n) is 3.58. The Hall–Kier alpha value is -3.08. The van der Waals surface area contributed by atoms with E-state index in [1.54, 1.807) is 24.4 Å². The minimum absolute atomic E-state index is 0.294. The van der Waals surface area contributed by atoms with Crippen LogP contribution in [-0.4, -0.2) is 23.7 Å². The van der Waals surface area contributed by atoms with Gasteiger partial charge >= 0.3 is 0 Å². The molecule has 0 aliphatic carbocycles. The molecule has 1 aromatic heterocycles. The first-order valence-corrected chi connectivity index (χ1v) is 7.91. The van der Waals surface area contributed by atoms with Crippen molar-refractivity contribution in [2.75, 3.05) is 6.61 Å². The fourth-order valence-corrected chi connectivity index (χ4v) is 2.41. The van der Waals surface area contributed by atoms with Crippen molar-refractivity contribution in [3.05, 3.63) is 65.9 Å². The Morgan fingerprint density at radius 2 is 2.00 bits per heavy atom.